The van der Waals surface area contributed by atoms with Crippen LogP contribution >= 0.6 is 0 Å². The van der Waals surface area contributed by atoms with E-state index in [4.69, 9.17) is 9.57 Å². The molecule has 0 aromatic heterocycles. The van der Waals surface area contributed by atoms with E-state index in [0.29, 0.717) is 43.2 Å². The van der Waals surface area contributed by atoms with E-state index in [1.165, 1.54) is 38.1 Å². The van der Waals surface area contributed by atoms with Crippen molar-refractivity contribution in [1.82, 2.24) is 14.5 Å². The van der Waals surface area contributed by atoms with Gasteiger partial charge in [0, 0.05) is 87.9 Å². The topological polar surface area (TPSA) is 208 Å². The summed E-state index contributed by atoms with van der Waals surface area (Å²) in [6.45, 7) is 12.7. The number of benzene rings is 4. The first-order valence-electron chi connectivity index (χ1n) is 22.4. The summed E-state index contributed by atoms with van der Waals surface area (Å²) in [5.74, 6) is -1.84. The lowest BCUT2D eigenvalue weighted by Gasteiger charge is -2.38. The summed E-state index contributed by atoms with van der Waals surface area (Å²) < 4.78 is 75.3. The third-order valence-corrected chi connectivity index (χ3v) is 18.7. The number of fused-ring (bicyclic) bond motifs is 3. The molecular formula is C48H55N4O12S2Si+. The second kappa shape index (κ2) is 18.6. The van der Waals surface area contributed by atoms with E-state index in [1.54, 1.807) is 0 Å². The second-order valence-electron chi connectivity index (χ2n) is 18.3. The largest absolute Gasteiger partial charge is 0.381 e. The van der Waals surface area contributed by atoms with E-state index in [-0.39, 0.29) is 56.8 Å². The van der Waals surface area contributed by atoms with Crippen LogP contribution in [0.25, 0.3) is 5.57 Å². The zero-order chi connectivity index (χ0) is 48.2. The van der Waals surface area contributed by atoms with Crippen molar-refractivity contribution in [3.63, 3.8) is 0 Å². The Morgan fingerprint density at radius 2 is 1.48 bits per heavy atom. The van der Waals surface area contributed by atoms with E-state index in [2.05, 4.69) is 73.8 Å². The van der Waals surface area contributed by atoms with Gasteiger partial charge in [-0.15, -0.1) is 5.06 Å². The number of hydrogen-bond acceptors (Lipinski definition) is 12. The van der Waals surface area contributed by atoms with Crippen molar-refractivity contribution in [3.8, 4) is 0 Å². The Labute approximate surface area is 390 Å². The number of likely N-dealkylation sites (N-methyl/N-ethyl adjacent to an activating group) is 1. The number of aryl methyl sites for hydroxylation is 2. The van der Waals surface area contributed by atoms with Gasteiger partial charge >= 0.3 is 5.97 Å². The van der Waals surface area contributed by atoms with Crippen LogP contribution in [0.1, 0.15) is 75.8 Å². The maximum Gasteiger partial charge on any atom is 0.335 e. The number of nitrogens with zero attached hydrogens (tertiary/aromatic N) is 4. The van der Waals surface area contributed by atoms with Gasteiger partial charge in [-0.1, -0.05) is 25.2 Å². The summed E-state index contributed by atoms with van der Waals surface area (Å²) in [6.07, 6.45) is 1.54. The summed E-state index contributed by atoms with van der Waals surface area (Å²) in [7, 11) is -9.66. The molecule has 19 heteroatoms. The monoisotopic (exact) mass is 971 g/mol. The molecular weight excluding hydrogens is 917 g/mol. The first-order valence-corrected chi connectivity index (χ1v) is 28.2. The van der Waals surface area contributed by atoms with Crippen LogP contribution in [-0.4, -0.2) is 121 Å². The Bertz CT molecular complexity index is 3070. The molecule has 0 spiro atoms. The molecule has 8 rings (SSSR count). The normalized spacial score (nSPS) is 17.2. The SMILES string of the molecule is Cc1cc(C(=O)CCCOCCC(=O)ON2C(=O)CCC2=O)cc(C)c1C1=c2cc3c(cc2[Si](C)(C)c2cc(N4CCN(Cc5ccc(S(=O)(=O)O)cc5S(=O)(=O)O)CC4)ccc21)=[N+](C)CC3. The Kier molecular flexibility index (Phi) is 13.3. The van der Waals surface area contributed by atoms with Crippen molar-refractivity contribution in [2.24, 2.45) is 0 Å². The fourth-order valence-electron chi connectivity index (χ4n) is 9.88. The third kappa shape index (κ3) is 9.81. The molecule has 0 saturated carbocycles. The highest BCUT2D eigenvalue weighted by Gasteiger charge is 2.38. The van der Waals surface area contributed by atoms with E-state index in [0.717, 1.165) is 53.0 Å². The molecule has 2 amide bonds. The lowest BCUT2D eigenvalue weighted by Crippen LogP contribution is -2.64. The first kappa shape index (κ1) is 48.1. The van der Waals surface area contributed by atoms with Gasteiger partial charge in [0.1, 0.15) is 21.7 Å². The van der Waals surface area contributed by atoms with Gasteiger partial charge in [-0.25, -0.2) is 9.37 Å². The lowest BCUT2D eigenvalue weighted by molar-refractivity contribution is -0.198. The molecule has 2 saturated heterocycles. The number of ketones is 1. The third-order valence-electron chi connectivity index (χ3n) is 13.4. The summed E-state index contributed by atoms with van der Waals surface area (Å²) >= 11 is 0. The summed E-state index contributed by atoms with van der Waals surface area (Å²) in [5.41, 5.74) is 8.63. The molecule has 0 unspecified atom stereocenters. The number of Topliss-reactive ketones (excluding diaryl/α,β-unsaturated/α-hetero) is 1. The molecule has 2 N–H and O–H groups in total. The lowest BCUT2D eigenvalue weighted by atomic mass is 9.86. The van der Waals surface area contributed by atoms with Crippen molar-refractivity contribution in [2.75, 3.05) is 57.9 Å². The maximum atomic E-state index is 13.6. The minimum atomic E-state index is -4.78. The fraction of sp³-hybridized carbons (Fsp3) is 0.396. The number of carbonyl (C=O) groups excluding carboxylic acids is 4. The van der Waals surface area contributed by atoms with Gasteiger partial charge in [-0.3, -0.25) is 28.4 Å². The molecule has 0 bridgehead atoms. The number of amides is 2. The number of piperazine rings is 1. The number of rotatable bonds is 15. The summed E-state index contributed by atoms with van der Waals surface area (Å²) in [5, 5.41) is 5.66. The Morgan fingerprint density at radius 3 is 2.13 bits per heavy atom. The maximum absolute atomic E-state index is 13.6. The molecule has 4 heterocycles. The van der Waals surface area contributed by atoms with Crippen molar-refractivity contribution < 1.29 is 54.7 Å². The highest BCUT2D eigenvalue weighted by molar-refractivity contribution is 7.86. The van der Waals surface area contributed by atoms with Crippen LogP contribution in [0.3, 0.4) is 0 Å². The van der Waals surface area contributed by atoms with Crippen LogP contribution in [0.2, 0.25) is 13.1 Å². The van der Waals surface area contributed by atoms with Crippen LogP contribution in [0.15, 0.2) is 70.5 Å². The van der Waals surface area contributed by atoms with Crippen LogP contribution in [0.5, 0.6) is 0 Å². The standard InChI is InChI=1S/C48H54N4O12S2Si/c1-30-23-34(40(53)7-6-21-63-22-15-46(56)64-52-44(54)12-13-45(52)55)24-31(2)47(30)48-37-11-9-35(26-42(37)67(4,5)43-28-39-32(25-38(43)48)14-16-49(39)3)51-19-17-50(18-20-51)29-33-8-10-36(65(57,58)59)27-41(33)66(60,61)62/h8-11,23-28H,6-7,12-22,29H2,1-5H3,(H-,57,58,59,60,61,62)/p+1. The van der Waals surface area contributed by atoms with Crippen molar-refractivity contribution >= 4 is 73.5 Å². The molecule has 2 fully saturated rings. The second-order valence-corrected chi connectivity index (χ2v) is 25.5. The number of ether oxygens (including phenoxy) is 1. The molecule has 0 atom stereocenters. The van der Waals surface area contributed by atoms with Gasteiger partial charge in [0.25, 0.3) is 32.1 Å². The van der Waals surface area contributed by atoms with Crippen LogP contribution in [-0.2, 0) is 57.2 Å². The fourth-order valence-corrected chi connectivity index (χ4v) is 14.2. The predicted octanol–water partition coefficient (Wildman–Crippen LogP) is 2.16. The van der Waals surface area contributed by atoms with Gasteiger partial charge in [0.15, 0.2) is 5.78 Å². The van der Waals surface area contributed by atoms with E-state index in [9.17, 15) is 45.1 Å². The van der Waals surface area contributed by atoms with Crippen LogP contribution in [0.4, 0.5) is 5.69 Å². The Morgan fingerprint density at radius 1 is 0.791 bits per heavy atom. The Hall–Kier alpha value is -5.41. The number of hydrogen-bond donors (Lipinski definition) is 2. The molecule has 0 aliphatic carbocycles. The number of imide groups is 1. The highest BCUT2D eigenvalue weighted by Crippen LogP contribution is 2.33. The average Bonchev–Trinajstić information content (AvgIpc) is 3.80. The summed E-state index contributed by atoms with van der Waals surface area (Å²) in [6, 6.07) is 18.7. The van der Waals surface area contributed by atoms with Crippen molar-refractivity contribution in [2.45, 2.75) is 81.8 Å². The number of anilines is 1. The van der Waals surface area contributed by atoms with Gasteiger partial charge in [-0.05, 0) is 112 Å². The van der Waals surface area contributed by atoms with Gasteiger partial charge in [0.05, 0.1) is 22.8 Å². The van der Waals surface area contributed by atoms with Crippen LogP contribution < -0.4 is 30.4 Å². The highest BCUT2D eigenvalue weighted by atomic mass is 32.2. The molecule has 4 aromatic rings. The number of hydroxylamine groups is 2. The quantitative estimate of drug-likeness (QED) is 0.0438. The van der Waals surface area contributed by atoms with Gasteiger partial charge in [-0.2, -0.15) is 16.8 Å². The van der Waals surface area contributed by atoms with Gasteiger partial charge < -0.3 is 14.5 Å². The molecule has 16 nitrogen and oxygen atoms in total. The minimum Gasteiger partial charge on any atom is -0.381 e. The Balaban J connectivity index is 1.01. The average molecular weight is 972 g/mol. The molecule has 4 aliphatic heterocycles. The van der Waals surface area contributed by atoms with Gasteiger partial charge in [0.2, 0.25) is 5.36 Å². The predicted molar refractivity (Wildman–Crippen MR) is 252 cm³/mol. The zero-order valence-corrected chi connectivity index (χ0v) is 40.9. The molecule has 67 heavy (non-hydrogen) atoms. The molecule has 4 aliphatic rings. The molecule has 0 radical (unpaired) electrons. The van der Waals surface area contributed by atoms with E-state index >= 15 is 0 Å². The molecule has 354 valence electrons. The molecule has 4 aromatic carbocycles. The van der Waals surface area contributed by atoms with E-state index in [1.807, 2.05) is 17.0 Å². The van der Waals surface area contributed by atoms with E-state index < -0.39 is 55.9 Å². The minimum absolute atomic E-state index is 0.0191. The van der Waals surface area contributed by atoms with Crippen LogP contribution in [0, 0.1) is 13.8 Å². The van der Waals surface area contributed by atoms with Crippen molar-refractivity contribution in [1.29, 1.82) is 0 Å². The smallest absolute Gasteiger partial charge is 0.335 e. The summed E-state index contributed by atoms with van der Waals surface area (Å²) in [4.78, 5) is 57.2. The zero-order valence-electron chi connectivity index (χ0n) is 38.3. The number of carbonyl (C=O) groups is 4. The first-order chi connectivity index (χ1) is 31.6. The van der Waals surface area contributed by atoms with Crippen molar-refractivity contribution in [3.05, 3.63) is 110 Å².